The molecule has 10 nitrogen and oxygen atoms in total. The zero-order valence-corrected chi connectivity index (χ0v) is 20.8. The van der Waals surface area contributed by atoms with Gasteiger partial charge in [-0.25, -0.2) is 24.0 Å². The van der Waals surface area contributed by atoms with Crippen LogP contribution in [0.4, 0.5) is 10.2 Å². The summed E-state index contributed by atoms with van der Waals surface area (Å²) in [5.41, 5.74) is -0.579. The van der Waals surface area contributed by atoms with E-state index in [4.69, 9.17) is 0 Å². The number of fused-ring (bicyclic) bond motifs is 2. The molecule has 2 amide bonds. The predicted molar refractivity (Wildman–Crippen MR) is 134 cm³/mol. The second kappa shape index (κ2) is 8.70. The zero-order valence-electron chi connectivity index (χ0n) is 20.8. The number of nitrogens with zero attached hydrogens (tertiary/aromatic N) is 5. The van der Waals surface area contributed by atoms with Crippen LogP contribution in [0.25, 0.3) is 22.6 Å². The zero-order chi connectivity index (χ0) is 26.5. The lowest BCUT2D eigenvalue weighted by atomic mass is 9.85. The Hall–Kier alpha value is -4.25. The fourth-order valence-electron chi connectivity index (χ4n) is 4.24. The van der Waals surface area contributed by atoms with E-state index in [0.29, 0.717) is 27.9 Å². The lowest BCUT2D eigenvalue weighted by molar-refractivity contribution is -0.119. The average Bonchev–Trinajstić information content (AvgIpc) is 3.32. The molecule has 0 fully saturated rings. The molecule has 0 aliphatic carbocycles. The molecule has 0 saturated carbocycles. The Kier molecular flexibility index (Phi) is 5.75. The van der Waals surface area contributed by atoms with Gasteiger partial charge in [0.1, 0.15) is 23.0 Å². The molecule has 0 unspecified atom stereocenters. The Morgan fingerprint density at radius 3 is 2.68 bits per heavy atom. The molecule has 11 heteroatoms. The van der Waals surface area contributed by atoms with E-state index >= 15 is 0 Å². The number of pyridine rings is 1. The SMILES string of the molecule is CC(C)(O)CNC(=O)c1nc(-c2nn(Cc3ccccc3F)c3ncccc23)nc2c1C(C)(C)C(=O)N2. The highest BCUT2D eigenvalue weighted by Gasteiger charge is 2.44. The maximum absolute atomic E-state index is 14.4. The van der Waals surface area contributed by atoms with Crippen LogP contribution in [0.3, 0.4) is 0 Å². The summed E-state index contributed by atoms with van der Waals surface area (Å²) >= 11 is 0. The van der Waals surface area contributed by atoms with E-state index in [1.54, 1.807) is 68.9 Å². The molecule has 4 aromatic rings. The van der Waals surface area contributed by atoms with Crippen molar-refractivity contribution in [3.05, 3.63) is 65.2 Å². The van der Waals surface area contributed by atoms with Gasteiger partial charge in [0.25, 0.3) is 5.91 Å². The Morgan fingerprint density at radius 1 is 1.19 bits per heavy atom. The van der Waals surface area contributed by atoms with Gasteiger partial charge < -0.3 is 15.7 Å². The van der Waals surface area contributed by atoms with Gasteiger partial charge in [0.05, 0.1) is 22.9 Å². The molecule has 0 radical (unpaired) electrons. The van der Waals surface area contributed by atoms with E-state index in [-0.39, 0.29) is 42.2 Å². The van der Waals surface area contributed by atoms with E-state index in [0.717, 1.165) is 0 Å². The first-order valence-corrected chi connectivity index (χ1v) is 11.8. The van der Waals surface area contributed by atoms with Gasteiger partial charge in [-0.3, -0.25) is 9.59 Å². The predicted octanol–water partition coefficient (Wildman–Crippen LogP) is 2.81. The van der Waals surface area contributed by atoms with Crippen LogP contribution < -0.4 is 10.6 Å². The van der Waals surface area contributed by atoms with Gasteiger partial charge >= 0.3 is 0 Å². The molecule has 0 atom stereocenters. The summed E-state index contributed by atoms with van der Waals surface area (Å²) in [5.74, 6) is -0.917. The highest BCUT2D eigenvalue weighted by molar-refractivity contribution is 6.09. The monoisotopic (exact) mass is 503 g/mol. The van der Waals surface area contributed by atoms with Crippen molar-refractivity contribution >= 4 is 28.7 Å². The Balaban J connectivity index is 1.66. The minimum Gasteiger partial charge on any atom is -0.389 e. The van der Waals surface area contributed by atoms with Crippen LogP contribution in [-0.4, -0.2) is 53.8 Å². The van der Waals surface area contributed by atoms with Gasteiger partial charge in [-0.2, -0.15) is 5.10 Å². The van der Waals surface area contributed by atoms with Gasteiger partial charge in [-0.1, -0.05) is 18.2 Å². The standard InChI is InChI=1S/C26H26FN7O3/c1-25(2,37)13-29-23(35)19-17-20(32-24(36)26(17,3)4)31-21(30-19)18-15-9-7-11-28-22(15)34(33-18)12-14-8-5-6-10-16(14)27/h5-11,37H,12-13H2,1-4H3,(H,29,35)(H,30,31,32,36). The van der Waals surface area contributed by atoms with Crippen LogP contribution in [0.15, 0.2) is 42.6 Å². The van der Waals surface area contributed by atoms with E-state index in [2.05, 4.69) is 30.7 Å². The van der Waals surface area contributed by atoms with Crippen molar-refractivity contribution in [3.8, 4) is 11.5 Å². The van der Waals surface area contributed by atoms with Crippen molar-refractivity contribution in [2.75, 3.05) is 11.9 Å². The number of aliphatic hydroxyl groups is 1. The minimum absolute atomic E-state index is 0.00768. The largest absolute Gasteiger partial charge is 0.389 e. The summed E-state index contributed by atoms with van der Waals surface area (Å²) in [6, 6.07) is 9.92. The molecular formula is C26H26FN7O3. The third-order valence-corrected chi connectivity index (χ3v) is 6.23. The van der Waals surface area contributed by atoms with Gasteiger partial charge in [0.15, 0.2) is 11.5 Å². The number of carbonyl (C=O) groups is 2. The summed E-state index contributed by atoms with van der Waals surface area (Å²) in [6.45, 7) is 6.61. The molecule has 1 aliphatic rings. The maximum atomic E-state index is 14.4. The Morgan fingerprint density at radius 2 is 1.95 bits per heavy atom. The van der Waals surface area contributed by atoms with Crippen LogP contribution in [-0.2, 0) is 16.8 Å². The Labute approximate surface area is 212 Å². The number of hydrogen-bond acceptors (Lipinski definition) is 7. The highest BCUT2D eigenvalue weighted by atomic mass is 19.1. The number of anilines is 1. The molecule has 37 heavy (non-hydrogen) atoms. The third kappa shape index (κ3) is 4.42. The number of amides is 2. The molecule has 0 saturated heterocycles. The smallest absolute Gasteiger partial charge is 0.270 e. The maximum Gasteiger partial charge on any atom is 0.270 e. The Bertz CT molecular complexity index is 1560. The number of benzene rings is 1. The van der Waals surface area contributed by atoms with Crippen LogP contribution in [0.1, 0.15) is 49.3 Å². The summed E-state index contributed by atoms with van der Waals surface area (Å²) in [6.07, 6.45) is 1.60. The van der Waals surface area contributed by atoms with E-state index in [9.17, 15) is 19.1 Å². The second-order valence-corrected chi connectivity index (χ2v) is 10.2. The molecular weight excluding hydrogens is 477 g/mol. The molecule has 1 aliphatic heterocycles. The fourth-order valence-corrected chi connectivity index (χ4v) is 4.24. The number of aromatic nitrogens is 5. The summed E-state index contributed by atoms with van der Waals surface area (Å²) in [5, 5.41) is 20.8. The van der Waals surface area contributed by atoms with Crippen molar-refractivity contribution in [2.45, 2.75) is 45.3 Å². The molecule has 1 aromatic carbocycles. The lowest BCUT2D eigenvalue weighted by Crippen LogP contribution is -2.39. The summed E-state index contributed by atoms with van der Waals surface area (Å²) < 4.78 is 15.9. The fraction of sp³-hybridized carbons (Fsp3) is 0.308. The highest BCUT2D eigenvalue weighted by Crippen LogP contribution is 2.39. The van der Waals surface area contributed by atoms with Crippen LogP contribution >= 0.6 is 0 Å². The van der Waals surface area contributed by atoms with Gasteiger partial charge in [0, 0.05) is 23.9 Å². The third-order valence-electron chi connectivity index (χ3n) is 6.23. The van der Waals surface area contributed by atoms with E-state index in [1.165, 1.54) is 6.07 Å². The van der Waals surface area contributed by atoms with Crippen molar-refractivity contribution in [1.82, 2.24) is 30.0 Å². The molecule has 3 N–H and O–H groups in total. The van der Waals surface area contributed by atoms with E-state index in [1.807, 2.05) is 0 Å². The molecule has 0 bridgehead atoms. The number of halogens is 1. The topological polar surface area (TPSA) is 135 Å². The number of hydrogen-bond donors (Lipinski definition) is 3. The summed E-state index contributed by atoms with van der Waals surface area (Å²) in [7, 11) is 0. The normalized spacial score (nSPS) is 14.5. The number of nitrogens with one attached hydrogen (secondary N) is 2. The molecule has 0 spiro atoms. The van der Waals surface area contributed by atoms with Crippen molar-refractivity contribution in [3.63, 3.8) is 0 Å². The molecule has 3 aromatic heterocycles. The molecule has 190 valence electrons. The van der Waals surface area contributed by atoms with E-state index < -0.39 is 16.9 Å². The second-order valence-electron chi connectivity index (χ2n) is 10.2. The van der Waals surface area contributed by atoms with Gasteiger partial charge in [-0.15, -0.1) is 0 Å². The van der Waals surface area contributed by atoms with Crippen LogP contribution in [0, 0.1) is 5.82 Å². The first-order chi connectivity index (χ1) is 17.5. The first kappa shape index (κ1) is 24.4. The van der Waals surface area contributed by atoms with Crippen LogP contribution in [0.2, 0.25) is 0 Å². The number of carbonyl (C=O) groups excluding carboxylic acids is 2. The first-order valence-electron chi connectivity index (χ1n) is 11.8. The molecule has 5 rings (SSSR count). The quantitative estimate of drug-likeness (QED) is 0.368. The van der Waals surface area contributed by atoms with Gasteiger partial charge in [-0.05, 0) is 45.9 Å². The minimum atomic E-state index is -1.15. The van der Waals surface area contributed by atoms with Crippen LogP contribution in [0.5, 0.6) is 0 Å². The lowest BCUT2D eigenvalue weighted by Gasteiger charge is -2.20. The average molecular weight is 504 g/mol. The van der Waals surface area contributed by atoms with Crippen molar-refractivity contribution < 1.29 is 19.1 Å². The van der Waals surface area contributed by atoms with Crippen molar-refractivity contribution in [2.24, 2.45) is 0 Å². The summed E-state index contributed by atoms with van der Waals surface area (Å²) in [4.78, 5) is 39.5. The van der Waals surface area contributed by atoms with Gasteiger partial charge in [0.2, 0.25) is 5.91 Å². The van der Waals surface area contributed by atoms with Crippen molar-refractivity contribution in [1.29, 1.82) is 0 Å². The number of rotatable bonds is 6. The molecule has 4 heterocycles.